The lowest BCUT2D eigenvalue weighted by molar-refractivity contribution is -0.313. The fourth-order valence-electron chi connectivity index (χ4n) is 5.15. The van der Waals surface area contributed by atoms with Gasteiger partial charge in [0.1, 0.15) is 53.0 Å². The quantitative estimate of drug-likeness (QED) is 0.172. The fraction of sp³-hybridized carbons (Fsp3) is 0.483. The Morgan fingerprint density at radius 3 is 2.23 bits per heavy atom. The Bertz CT molecular complexity index is 1560. The molecule has 0 aliphatic carbocycles. The molecule has 2 fully saturated rings. The number of fused-ring (bicyclic) bond motifs is 1. The molecule has 240 valence electrons. The van der Waals surface area contributed by atoms with Crippen LogP contribution >= 0.6 is 0 Å². The summed E-state index contributed by atoms with van der Waals surface area (Å²) in [6, 6.07) is 5.92. The van der Waals surface area contributed by atoms with Crippen LogP contribution in [0.5, 0.6) is 28.7 Å². The average molecular weight is 623 g/mol. The summed E-state index contributed by atoms with van der Waals surface area (Å²) in [5, 5.41) is 82.7. The van der Waals surface area contributed by atoms with E-state index in [1.807, 2.05) is 0 Å². The van der Waals surface area contributed by atoms with Gasteiger partial charge in [-0.2, -0.15) is 0 Å². The molecule has 3 aromatic rings. The van der Waals surface area contributed by atoms with Crippen LogP contribution in [0.4, 0.5) is 0 Å². The second kappa shape index (κ2) is 12.4. The normalized spacial score (nSPS) is 32.5. The van der Waals surface area contributed by atoms with Crippen LogP contribution in [0.25, 0.3) is 22.3 Å². The Balaban J connectivity index is 1.49. The molecule has 10 atom stereocenters. The molecule has 44 heavy (non-hydrogen) atoms. The molecule has 8 N–H and O–H groups in total. The number of aliphatic hydroxyl groups excluding tert-OH is 5. The largest absolute Gasteiger partial charge is 0.508 e. The number of hydrogen-bond acceptors (Lipinski definition) is 15. The molecule has 15 heteroatoms. The van der Waals surface area contributed by atoms with Gasteiger partial charge in [0.25, 0.3) is 0 Å². The molecule has 5 rings (SSSR count). The third kappa shape index (κ3) is 5.76. The number of hydrogen-bond donors (Lipinski definition) is 8. The van der Waals surface area contributed by atoms with Gasteiger partial charge in [0.15, 0.2) is 23.5 Å². The van der Waals surface area contributed by atoms with Crippen molar-refractivity contribution in [3.05, 3.63) is 40.6 Å². The maximum absolute atomic E-state index is 13.7. The molecule has 0 unspecified atom stereocenters. The monoisotopic (exact) mass is 622 g/mol. The van der Waals surface area contributed by atoms with Crippen molar-refractivity contribution in [3.63, 3.8) is 0 Å². The summed E-state index contributed by atoms with van der Waals surface area (Å²) >= 11 is 0. The van der Waals surface area contributed by atoms with Gasteiger partial charge in [-0.3, -0.25) is 4.79 Å². The van der Waals surface area contributed by atoms with Crippen LogP contribution in [-0.2, 0) is 14.2 Å². The van der Waals surface area contributed by atoms with Gasteiger partial charge in [-0.15, -0.1) is 0 Å². The highest BCUT2D eigenvalue weighted by molar-refractivity contribution is 5.88. The van der Waals surface area contributed by atoms with Gasteiger partial charge in [-0.1, -0.05) is 6.92 Å². The summed E-state index contributed by atoms with van der Waals surface area (Å²) in [4.78, 5) is 13.7. The number of rotatable bonds is 7. The molecule has 2 saturated heterocycles. The van der Waals surface area contributed by atoms with Crippen LogP contribution in [0.3, 0.4) is 0 Å². The number of phenolic OH excluding ortho intramolecular Hbond substituents is 3. The molecule has 0 bridgehead atoms. The first kappa shape index (κ1) is 31.7. The van der Waals surface area contributed by atoms with Gasteiger partial charge >= 0.3 is 0 Å². The maximum atomic E-state index is 13.7. The van der Waals surface area contributed by atoms with Gasteiger partial charge in [-0.25, -0.2) is 0 Å². The molecule has 0 radical (unpaired) electrons. The van der Waals surface area contributed by atoms with Crippen LogP contribution in [-0.4, -0.2) is 110 Å². The van der Waals surface area contributed by atoms with Gasteiger partial charge in [0.05, 0.1) is 25.9 Å². The van der Waals surface area contributed by atoms with Crippen molar-refractivity contribution in [1.82, 2.24) is 0 Å². The van der Waals surface area contributed by atoms with Crippen molar-refractivity contribution in [1.29, 1.82) is 0 Å². The van der Waals surface area contributed by atoms with E-state index in [2.05, 4.69) is 0 Å². The zero-order valence-electron chi connectivity index (χ0n) is 23.8. The minimum absolute atomic E-state index is 0.000565. The van der Waals surface area contributed by atoms with Crippen molar-refractivity contribution < 1.29 is 69.0 Å². The average Bonchev–Trinajstić information content (AvgIpc) is 2.98. The van der Waals surface area contributed by atoms with E-state index in [4.69, 9.17) is 28.1 Å². The molecule has 1 aromatic heterocycles. The van der Waals surface area contributed by atoms with Crippen molar-refractivity contribution in [2.45, 2.75) is 69.2 Å². The Hall–Kier alpha value is -3.67. The molecule has 0 spiro atoms. The lowest BCUT2D eigenvalue weighted by Gasteiger charge is -2.42. The summed E-state index contributed by atoms with van der Waals surface area (Å²) < 4.78 is 33.7. The van der Waals surface area contributed by atoms with Crippen molar-refractivity contribution in [3.8, 4) is 40.1 Å². The fourth-order valence-corrected chi connectivity index (χ4v) is 5.15. The Kier molecular flexibility index (Phi) is 8.93. The van der Waals surface area contributed by atoms with Crippen molar-refractivity contribution >= 4 is 11.0 Å². The number of methoxy groups -OCH3 is 1. The van der Waals surface area contributed by atoms with Crippen molar-refractivity contribution in [2.24, 2.45) is 5.92 Å². The van der Waals surface area contributed by atoms with Crippen LogP contribution < -0.4 is 14.9 Å². The number of aliphatic hydroxyl groups is 5. The molecular weight excluding hydrogens is 588 g/mol. The number of ether oxygens (including phenoxy) is 5. The standard InChI is InChI=1S/C29H34O15/c1-10-11(2)41-28(24(37)20(10)33)40-9-18-21(34)23(36)25(38)29(43-18)44-27-22(35)19-15(32)7-13(30)8-17(19)42-26(27)12-4-5-14(31)16(6-12)39-3/h4-8,10-11,18,20-21,23-25,28-34,36-38H,9H2,1-3H3/t10-,11-,18+,20+,21-,23-,24+,25+,28+,29-/m0/s1. The van der Waals surface area contributed by atoms with E-state index in [0.717, 1.165) is 12.1 Å². The molecule has 0 saturated carbocycles. The second-order valence-corrected chi connectivity index (χ2v) is 10.8. The summed E-state index contributed by atoms with van der Waals surface area (Å²) in [7, 11) is 1.29. The lowest BCUT2D eigenvalue weighted by Crippen LogP contribution is -2.61. The molecule has 15 nitrogen and oxygen atoms in total. The van der Waals surface area contributed by atoms with E-state index in [-0.39, 0.29) is 33.8 Å². The molecule has 3 heterocycles. The molecular formula is C29H34O15. The summed E-state index contributed by atoms with van der Waals surface area (Å²) in [6.07, 6.45) is -13.1. The van der Waals surface area contributed by atoms with Gasteiger partial charge < -0.3 is 69.0 Å². The van der Waals surface area contributed by atoms with E-state index in [1.165, 1.54) is 25.3 Å². The van der Waals surface area contributed by atoms with Crippen LogP contribution in [0.2, 0.25) is 0 Å². The highest BCUT2D eigenvalue weighted by Crippen LogP contribution is 2.40. The molecule has 2 aliphatic rings. The summed E-state index contributed by atoms with van der Waals surface area (Å²) in [6.45, 7) is 2.87. The van der Waals surface area contributed by atoms with E-state index in [1.54, 1.807) is 13.8 Å². The summed E-state index contributed by atoms with van der Waals surface area (Å²) in [5.41, 5.74) is -1.05. The van der Waals surface area contributed by atoms with Crippen LogP contribution in [0.1, 0.15) is 13.8 Å². The van der Waals surface area contributed by atoms with Crippen LogP contribution in [0.15, 0.2) is 39.5 Å². The number of aromatic hydroxyl groups is 3. The molecule has 2 aromatic carbocycles. The van der Waals surface area contributed by atoms with Crippen molar-refractivity contribution in [2.75, 3.05) is 13.7 Å². The number of benzene rings is 2. The van der Waals surface area contributed by atoms with E-state index in [0.29, 0.717) is 0 Å². The minimum atomic E-state index is -1.91. The second-order valence-electron chi connectivity index (χ2n) is 10.8. The predicted octanol–water partition coefficient (Wildman–Crippen LogP) is -0.109. The third-order valence-corrected chi connectivity index (χ3v) is 7.94. The van der Waals surface area contributed by atoms with E-state index >= 15 is 0 Å². The van der Waals surface area contributed by atoms with Gasteiger partial charge in [0.2, 0.25) is 17.5 Å². The van der Waals surface area contributed by atoms with E-state index in [9.17, 15) is 45.6 Å². The summed E-state index contributed by atoms with van der Waals surface area (Å²) in [5.74, 6) is -2.56. The first-order valence-corrected chi connectivity index (χ1v) is 13.7. The SMILES string of the molecule is COc1cc(-c2oc3cc(O)cc(O)c3c(=O)c2O[C@@H]2O[C@H](CO[C@@H]3O[C@@H](C)[C@H](C)[C@@H](O)[C@H]3O)[C@H](O)[C@H](O)[C@H]2O)ccc1O. The first-order valence-electron chi connectivity index (χ1n) is 13.7. The number of phenols is 3. The lowest BCUT2D eigenvalue weighted by atomic mass is 9.92. The third-order valence-electron chi connectivity index (χ3n) is 7.94. The smallest absolute Gasteiger partial charge is 0.239 e. The first-order chi connectivity index (χ1) is 20.8. The molecule has 2 aliphatic heterocycles. The Morgan fingerprint density at radius 1 is 0.818 bits per heavy atom. The van der Waals surface area contributed by atoms with Gasteiger partial charge in [-0.05, 0) is 25.1 Å². The zero-order chi connectivity index (χ0) is 32.0. The maximum Gasteiger partial charge on any atom is 0.239 e. The topological polar surface area (TPSA) is 238 Å². The van der Waals surface area contributed by atoms with E-state index < -0.39 is 90.5 Å². The highest BCUT2D eigenvalue weighted by atomic mass is 16.7. The Morgan fingerprint density at radius 2 is 1.52 bits per heavy atom. The van der Waals surface area contributed by atoms with Gasteiger partial charge in [0, 0.05) is 23.6 Å². The zero-order valence-corrected chi connectivity index (χ0v) is 23.8. The van der Waals surface area contributed by atoms with Crippen LogP contribution in [0, 0.1) is 5.92 Å². The Labute approximate surface area is 249 Å². The highest BCUT2D eigenvalue weighted by Gasteiger charge is 2.47. The molecule has 0 amide bonds. The minimum Gasteiger partial charge on any atom is -0.508 e. The predicted molar refractivity (Wildman–Crippen MR) is 148 cm³/mol.